The minimum Gasteiger partial charge on any atom is -0.397 e. The van der Waals surface area contributed by atoms with Crippen LogP contribution in [0.2, 0.25) is 19.6 Å². The Balaban J connectivity index is 5.07. The molecule has 0 amide bonds. The zero-order chi connectivity index (χ0) is 13.4. The van der Waals surface area contributed by atoms with Gasteiger partial charge in [0.05, 0.1) is 0 Å². The van der Waals surface area contributed by atoms with Crippen LogP contribution >= 0.6 is 0 Å². The highest BCUT2D eigenvalue weighted by Gasteiger charge is 2.64. The molecule has 0 fully saturated rings. The van der Waals surface area contributed by atoms with Crippen molar-refractivity contribution >= 4 is 8.32 Å². The Morgan fingerprint density at radius 1 is 1.00 bits per heavy atom. The fourth-order valence-corrected chi connectivity index (χ4v) is 2.01. The standard InChI is InChI=1S/C8H16F5NOSi/c1-14(2)6(15-16(3,4)5)7(9,10)8(11,12)13/h6H,1-5H3. The van der Waals surface area contributed by atoms with Gasteiger partial charge in [-0.2, -0.15) is 22.0 Å². The van der Waals surface area contributed by atoms with Crippen molar-refractivity contribution in [3.8, 4) is 0 Å². The molecule has 0 aliphatic heterocycles. The van der Waals surface area contributed by atoms with Crippen LogP contribution < -0.4 is 0 Å². The van der Waals surface area contributed by atoms with Crippen molar-refractivity contribution in [2.45, 2.75) is 38.0 Å². The Bertz CT molecular complexity index is 236. The summed E-state index contributed by atoms with van der Waals surface area (Å²) >= 11 is 0. The van der Waals surface area contributed by atoms with E-state index in [2.05, 4.69) is 0 Å². The van der Waals surface area contributed by atoms with Crippen molar-refractivity contribution in [1.82, 2.24) is 4.90 Å². The highest BCUT2D eigenvalue weighted by molar-refractivity contribution is 6.69. The van der Waals surface area contributed by atoms with Gasteiger partial charge in [0.15, 0.2) is 14.5 Å². The summed E-state index contributed by atoms with van der Waals surface area (Å²) in [5.74, 6) is -4.88. The first-order chi connectivity index (χ1) is 6.79. The first kappa shape index (κ1) is 15.8. The Kier molecular flexibility index (Phi) is 4.51. The van der Waals surface area contributed by atoms with Gasteiger partial charge in [-0.1, -0.05) is 0 Å². The van der Waals surface area contributed by atoms with Crippen LogP contribution in [0.15, 0.2) is 0 Å². The fourth-order valence-electron chi connectivity index (χ4n) is 0.979. The van der Waals surface area contributed by atoms with Crippen molar-refractivity contribution in [2.75, 3.05) is 14.1 Å². The van der Waals surface area contributed by atoms with Crippen LogP contribution in [0.25, 0.3) is 0 Å². The van der Waals surface area contributed by atoms with E-state index in [1.54, 1.807) is 19.6 Å². The Labute approximate surface area is 92.5 Å². The van der Waals surface area contributed by atoms with Gasteiger partial charge in [-0.05, 0) is 33.7 Å². The quantitative estimate of drug-likeness (QED) is 0.440. The first-order valence-electron chi connectivity index (χ1n) is 4.58. The van der Waals surface area contributed by atoms with Crippen molar-refractivity contribution < 1.29 is 26.4 Å². The molecule has 8 heteroatoms. The summed E-state index contributed by atoms with van der Waals surface area (Å²) in [4.78, 5) is 0.742. The van der Waals surface area contributed by atoms with E-state index >= 15 is 0 Å². The van der Waals surface area contributed by atoms with E-state index in [0.29, 0.717) is 0 Å². The molecule has 0 aliphatic carbocycles. The second kappa shape index (κ2) is 4.57. The van der Waals surface area contributed by atoms with Crippen LogP contribution in [0.3, 0.4) is 0 Å². The van der Waals surface area contributed by atoms with Crippen molar-refractivity contribution in [1.29, 1.82) is 0 Å². The number of alkyl halides is 5. The molecule has 0 N–H and O–H groups in total. The molecule has 0 aromatic rings. The zero-order valence-electron chi connectivity index (χ0n) is 9.82. The van der Waals surface area contributed by atoms with Gasteiger partial charge >= 0.3 is 12.1 Å². The molecule has 0 aromatic heterocycles. The van der Waals surface area contributed by atoms with Crippen molar-refractivity contribution in [3.63, 3.8) is 0 Å². The lowest BCUT2D eigenvalue weighted by molar-refractivity contribution is -0.326. The van der Waals surface area contributed by atoms with Crippen LogP contribution in [0.5, 0.6) is 0 Å². The number of nitrogens with zero attached hydrogens (tertiary/aromatic N) is 1. The Morgan fingerprint density at radius 2 is 1.38 bits per heavy atom. The Hall–Kier alpha value is -0.213. The second-order valence-electron chi connectivity index (χ2n) is 4.67. The maximum absolute atomic E-state index is 13.1. The molecule has 0 spiro atoms. The molecule has 0 aliphatic rings. The smallest absolute Gasteiger partial charge is 0.397 e. The summed E-state index contributed by atoms with van der Waals surface area (Å²) in [7, 11) is -0.234. The summed E-state index contributed by atoms with van der Waals surface area (Å²) < 4.78 is 67.6. The number of hydrogen-bond acceptors (Lipinski definition) is 2. The predicted octanol–water partition coefficient (Wildman–Crippen LogP) is 2.92. The molecule has 0 saturated heterocycles. The third-order valence-corrected chi connectivity index (χ3v) is 2.55. The maximum atomic E-state index is 13.1. The molecule has 1 atom stereocenters. The van der Waals surface area contributed by atoms with Gasteiger partial charge in [0.2, 0.25) is 0 Å². The zero-order valence-corrected chi connectivity index (χ0v) is 10.8. The van der Waals surface area contributed by atoms with Crippen LogP contribution in [0, 0.1) is 0 Å². The van der Waals surface area contributed by atoms with E-state index in [9.17, 15) is 22.0 Å². The molecule has 2 nitrogen and oxygen atoms in total. The van der Waals surface area contributed by atoms with Crippen LogP contribution in [0.4, 0.5) is 22.0 Å². The molecule has 0 aromatic carbocycles. The molecule has 16 heavy (non-hydrogen) atoms. The highest BCUT2D eigenvalue weighted by atomic mass is 28.4. The Morgan fingerprint density at radius 3 is 1.56 bits per heavy atom. The molecule has 1 unspecified atom stereocenters. The van der Waals surface area contributed by atoms with Gasteiger partial charge in [0.25, 0.3) is 0 Å². The summed E-state index contributed by atoms with van der Waals surface area (Å²) in [5.41, 5.74) is 0. The fraction of sp³-hybridized carbons (Fsp3) is 1.00. The number of rotatable bonds is 4. The van der Waals surface area contributed by atoms with E-state index in [-0.39, 0.29) is 0 Å². The van der Waals surface area contributed by atoms with E-state index < -0.39 is 26.6 Å². The first-order valence-corrected chi connectivity index (χ1v) is 7.98. The molecule has 0 saturated carbocycles. The minimum absolute atomic E-state index is 0.742. The summed E-state index contributed by atoms with van der Waals surface area (Å²) in [6.07, 6.45) is -7.89. The summed E-state index contributed by atoms with van der Waals surface area (Å²) in [6.45, 7) is 4.65. The van der Waals surface area contributed by atoms with Crippen molar-refractivity contribution in [3.05, 3.63) is 0 Å². The van der Waals surface area contributed by atoms with Crippen molar-refractivity contribution in [2.24, 2.45) is 0 Å². The van der Waals surface area contributed by atoms with Gasteiger partial charge < -0.3 is 4.43 Å². The molecule has 0 heterocycles. The SMILES string of the molecule is CN(C)C(O[Si](C)(C)C)C(F)(F)C(F)(F)F. The van der Waals surface area contributed by atoms with Crippen LogP contribution in [-0.4, -0.2) is 45.6 Å². The number of halogens is 5. The topological polar surface area (TPSA) is 12.5 Å². The monoisotopic (exact) mass is 265 g/mol. The van der Waals surface area contributed by atoms with Crippen LogP contribution in [0.1, 0.15) is 0 Å². The molecule has 0 radical (unpaired) electrons. The lowest BCUT2D eigenvalue weighted by atomic mass is 10.2. The lowest BCUT2D eigenvalue weighted by Crippen LogP contribution is -2.57. The number of hydrogen-bond donors (Lipinski definition) is 0. The van der Waals surface area contributed by atoms with Gasteiger partial charge in [0.1, 0.15) is 0 Å². The average Bonchev–Trinajstić information content (AvgIpc) is 1.95. The van der Waals surface area contributed by atoms with Crippen LogP contribution in [-0.2, 0) is 4.43 Å². The molecular weight excluding hydrogens is 249 g/mol. The highest BCUT2D eigenvalue weighted by Crippen LogP contribution is 2.40. The third-order valence-electron chi connectivity index (χ3n) is 1.62. The molecular formula is C8H16F5NOSi. The van der Waals surface area contributed by atoms with Gasteiger partial charge in [-0.15, -0.1) is 0 Å². The molecule has 0 rings (SSSR count). The minimum atomic E-state index is -5.61. The van der Waals surface area contributed by atoms with E-state index in [0.717, 1.165) is 19.0 Å². The van der Waals surface area contributed by atoms with Gasteiger partial charge in [-0.3, -0.25) is 4.90 Å². The van der Waals surface area contributed by atoms with E-state index in [4.69, 9.17) is 4.43 Å². The normalized spacial score (nSPS) is 16.7. The van der Waals surface area contributed by atoms with Gasteiger partial charge in [-0.25, -0.2) is 0 Å². The summed E-state index contributed by atoms with van der Waals surface area (Å²) in [5, 5.41) is 0. The largest absolute Gasteiger partial charge is 0.457 e. The third kappa shape index (κ3) is 3.98. The maximum Gasteiger partial charge on any atom is 0.457 e. The average molecular weight is 265 g/mol. The second-order valence-corrected chi connectivity index (χ2v) is 9.13. The molecule has 98 valence electrons. The van der Waals surface area contributed by atoms with E-state index in [1.165, 1.54) is 0 Å². The lowest BCUT2D eigenvalue weighted by Gasteiger charge is -2.36. The predicted molar refractivity (Wildman–Crippen MR) is 52.9 cm³/mol. The summed E-state index contributed by atoms with van der Waals surface area (Å²) in [6, 6.07) is 0. The van der Waals surface area contributed by atoms with E-state index in [1.807, 2.05) is 0 Å². The van der Waals surface area contributed by atoms with Gasteiger partial charge in [0, 0.05) is 0 Å². The molecule has 0 bridgehead atoms.